The van der Waals surface area contributed by atoms with E-state index in [0.717, 1.165) is 0 Å². The van der Waals surface area contributed by atoms with Crippen LogP contribution >= 0.6 is 12.6 Å². The predicted octanol–water partition coefficient (Wildman–Crippen LogP) is 0.737. The smallest absolute Gasteiger partial charge is 0.406 e. The lowest BCUT2D eigenvalue weighted by Gasteiger charge is -2.08. The van der Waals surface area contributed by atoms with E-state index in [1.165, 1.54) is 7.05 Å². The average Bonchev–Trinajstić information content (AvgIpc) is 2.66. The molecule has 1 amide bonds. The summed E-state index contributed by atoms with van der Waals surface area (Å²) in [6.45, 7) is 0.191. The lowest BCUT2D eigenvalue weighted by Crippen LogP contribution is -2.21. The minimum atomic E-state index is -0.467. The Balaban J connectivity index is 2.34. The molecule has 1 atom stereocenters. The summed E-state index contributed by atoms with van der Waals surface area (Å²) in [5.74, 6) is 0.687. The first-order chi connectivity index (χ1) is 6.24. The SMILES string of the molecule is CNC(=O)OCC(S)c1ncc[nH]1. The molecular weight excluding hydrogens is 190 g/mol. The molecule has 72 valence electrons. The van der Waals surface area contributed by atoms with Crippen LogP contribution in [-0.2, 0) is 4.74 Å². The van der Waals surface area contributed by atoms with Gasteiger partial charge >= 0.3 is 6.09 Å². The molecule has 0 saturated heterocycles. The molecular formula is C7H11N3O2S. The largest absolute Gasteiger partial charge is 0.448 e. The van der Waals surface area contributed by atoms with Gasteiger partial charge in [0.1, 0.15) is 12.4 Å². The number of alkyl carbamates (subject to hydrolysis) is 1. The minimum absolute atomic E-state index is 0.191. The summed E-state index contributed by atoms with van der Waals surface area (Å²) >= 11 is 4.20. The fraction of sp³-hybridized carbons (Fsp3) is 0.429. The van der Waals surface area contributed by atoms with Crippen molar-refractivity contribution in [1.29, 1.82) is 0 Å². The third-order valence-corrected chi connectivity index (χ3v) is 1.81. The monoisotopic (exact) mass is 201 g/mol. The van der Waals surface area contributed by atoms with Gasteiger partial charge in [0.25, 0.3) is 0 Å². The number of carbonyl (C=O) groups is 1. The lowest BCUT2D eigenvalue weighted by molar-refractivity contribution is 0.148. The van der Waals surface area contributed by atoms with Crippen molar-refractivity contribution in [3.63, 3.8) is 0 Å². The van der Waals surface area contributed by atoms with Gasteiger partial charge in [-0.1, -0.05) is 0 Å². The van der Waals surface area contributed by atoms with Crippen LogP contribution in [0, 0.1) is 0 Å². The van der Waals surface area contributed by atoms with Crippen LogP contribution in [0.15, 0.2) is 12.4 Å². The fourth-order valence-electron chi connectivity index (χ4n) is 0.765. The zero-order valence-electron chi connectivity index (χ0n) is 7.15. The van der Waals surface area contributed by atoms with Crippen LogP contribution in [-0.4, -0.2) is 29.7 Å². The Kier molecular flexibility index (Phi) is 3.63. The number of amides is 1. The first kappa shape index (κ1) is 9.91. The standard InChI is InChI=1S/C7H11N3O2S/c1-8-7(11)12-4-5(13)6-9-2-3-10-6/h2-3,5,13H,4H2,1H3,(H,8,11)(H,9,10). The summed E-state index contributed by atoms with van der Waals surface area (Å²) in [7, 11) is 1.50. The van der Waals surface area contributed by atoms with Crippen LogP contribution in [0.1, 0.15) is 11.1 Å². The number of aromatic nitrogens is 2. The number of H-pyrrole nitrogens is 1. The van der Waals surface area contributed by atoms with Crippen molar-refractivity contribution in [1.82, 2.24) is 15.3 Å². The Hall–Kier alpha value is -1.17. The molecule has 2 N–H and O–H groups in total. The van der Waals surface area contributed by atoms with Gasteiger partial charge < -0.3 is 15.0 Å². The van der Waals surface area contributed by atoms with Gasteiger partial charge in [-0.15, -0.1) is 0 Å². The third kappa shape index (κ3) is 2.98. The van der Waals surface area contributed by atoms with E-state index < -0.39 is 6.09 Å². The average molecular weight is 201 g/mol. The van der Waals surface area contributed by atoms with Crippen LogP contribution in [0.4, 0.5) is 4.79 Å². The molecule has 1 aromatic heterocycles. The lowest BCUT2D eigenvalue weighted by atomic mass is 10.4. The molecule has 0 fully saturated rings. The number of rotatable bonds is 3. The molecule has 0 aliphatic heterocycles. The number of nitrogens with one attached hydrogen (secondary N) is 2. The molecule has 0 saturated carbocycles. The second-order valence-corrected chi connectivity index (χ2v) is 2.96. The Morgan fingerprint density at radius 3 is 3.23 bits per heavy atom. The summed E-state index contributed by atoms with van der Waals surface area (Å²) in [6, 6.07) is 0. The molecule has 1 aromatic rings. The van der Waals surface area contributed by atoms with E-state index in [-0.39, 0.29) is 11.9 Å². The molecule has 0 radical (unpaired) electrons. The number of carbonyl (C=O) groups excluding carboxylic acids is 1. The zero-order valence-corrected chi connectivity index (χ0v) is 8.04. The van der Waals surface area contributed by atoms with Crippen LogP contribution in [0.3, 0.4) is 0 Å². The summed E-state index contributed by atoms with van der Waals surface area (Å²) in [4.78, 5) is 17.5. The molecule has 0 aliphatic rings. The zero-order chi connectivity index (χ0) is 9.68. The van der Waals surface area contributed by atoms with Crippen LogP contribution in [0.25, 0.3) is 0 Å². The highest BCUT2D eigenvalue weighted by atomic mass is 32.1. The molecule has 0 spiro atoms. The highest BCUT2D eigenvalue weighted by Gasteiger charge is 2.10. The number of hydrogen-bond donors (Lipinski definition) is 3. The van der Waals surface area contributed by atoms with Gasteiger partial charge in [0.2, 0.25) is 0 Å². The van der Waals surface area contributed by atoms with Crippen LogP contribution in [0.5, 0.6) is 0 Å². The molecule has 0 aliphatic carbocycles. The second kappa shape index (κ2) is 4.76. The predicted molar refractivity (Wildman–Crippen MR) is 50.7 cm³/mol. The number of aromatic amines is 1. The van der Waals surface area contributed by atoms with Crippen molar-refractivity contribution in [3.8, 4) is 0 Å². The van der Waals surface area contributed by atoms with E-state index in [9.17, 15) is 4.79 Å². The van der Waals surface area contributed by atoms with Gasteiger partial charge in [-0.2, -0.15) is 12.6 Å². The number of thiol groups is 1. The van der Waals surface area contributed by atoms with E-state index in [2.05, 4.69) is 27.9 Å². The van der Waals surface area contributed by atoms with Crippen molar-refractivity contribution in [2.45, 2.75) is 5.25 Å². The molecule has 0 aromatic carbocycles. The van der Waals surface area contributed by atoms with Crippen molar-refractivity contribution in [3.05, 3.63) is 18.2 Å². The maximum absolute atomic E-state index is 10.7. The molecule has 6 heteroatoms. The summed E-state index contributed by atoms with van der Waals surface area (Å²) in [5, 5.41) is 2.12. The van der Waals surface area contributed by atoms with E-state index in [4.69, 9.17) is 4.74 Å². The summed E-state index contributed by atoms with van der Waals surface area (Å²) in [5.41, 5.74) is 0. The summed E-state index contributed by atoms with van der Waals surface area (Å²) < 4.78 is 4.79. The van der Waals surface area contributed by atoms with Gasteiger partial charge in [0.05, 0.1) is 5.25 Å². The van der Waals surface area contributed by atoms with Crippen molar-refractivity contribution < 1.29 is 9.53 Å². The van der Waals surface area contributed by atoms with Gasteiger partial charge in [0, 0.05) is 19.4 Å². The maximum atomic E-state index is 10.7. The normalized spacial score (nSPS) is 12.2. The molecule has 1 heterocycles. The fourth-order valence-corrected chi connectivity index (χ4v) is 0.981. The van der Waals surface area contributed by atoms with Crippen LogP contribution < -0.4 is 5.32 Å². The molecule has 1 rings (SSSR count). The number of ether oxygens (including phenoxy) is 1. The van der Waals surface area contributed by atoms with Gasteiger partial charge in [0.15, 0.2) is 0 Å². The number of hydrogen-bond acceptors (Lipinski definition) is 4. The van der Waals surface area contributed by atoms with Gasteiger partial charge in [-0.25, -0.2) is 9.78 Å². The highest BCUT2D eigenvalue weighted by molar-refractivity contribution is 7.80. The van der Waals surface area contributed by atoms with Gasteiger partial charge in [-0.3, -0.25) is 0 Å². The van der Waals surface area contributed by atoms with Crippen molar-refractivity contribution in [2.75, 3.05) is 13.7 Å². The van der Waals surface area contributed by atoms with E-state index in [1.54, 1.807) is 12.4 Å². The second-order valence-electron chi connectivity index (χ2n) is 2.34. The Bertz CT molecular complexity index is 263. The first-order valence-electron chi connectivity index (χ1n) is 3.76. The highest BCUT2D eigenvalue weighted by Crippen LogP contribution is 2.14. The van der Waals surface area contributed by atoms with Crippen molar-refractivity contribution in [2.24, 2.45) is 0 Å². The molecule has 13 heavy (non-hydrogen) atoms. The van der Waals surface area contributed by atoms with E-state index in [1.807, 2.05) is 0 Å². The topological polar surface area (TPSA) is 67.0 Å². The van der Waals surface area contributed by atoms with Crippen LogP contribution in [0.2, 0.25) is 0 Å². The Labute approximate surface area is 81.3 Å². The number of nitrogens with zero attached hydrogens (tertiary/aromatic N) is 1. The van der Waals surface area contributed by atoms with E-state index in [0.29, 0.717) is 5.82 Å². The molecule has 1 unspecified atom stereocenters. The van der Waals surface area contributed by atoms with Gasteiger partial charge in [-0.05, 0) is 0 Å². The number of imidazole rings is 1. The summed E-state index contributed by atoms with van der Waals surface area (Å²) in [6.07, 6.45) is 2.85. The Morgan fingerprint density at radius 2 is 2.69 bits per heavy atom. The quantitative estimate of drug-likeness (QED) is 0.632. The maximum Gasteiger partial charge on any atom is 0.406 e. The first-order valence-corrected chi connectivity index (χ1v) is 4.27. The third-order valence-electron chi connectivity index (χ3n) is 1.41. The molecule has 5 nitrogen and oxygen atoms in total. The van der Waals surface area contributed by atoms with Crippen molar-refractivity contribution >= 4 is 18.7 Å². The Morgan fingerprint density at radius 1 is 1.92 bits per heavy atom. The molecule has 0 bridgehead atoms. The minimum Gasteiger partial charge on any atom is -0.448 e. The van der Waals surface area contributed by atoms with E-state index >= 15 is 0 Å².